The molecule has 8 aromatic rings. The summed E-state index contributed by atoms with van der Waals surface area (Å²) in [6.07, 6.45) is 10.0. The minimum atomic E-state index is 0.227. The molecular weight excluding hydrogens is 1010 g/mol. The Morgan fingerprint density at radius 3 is 1.33 bits per heavy atom. The number of rotatable bonds is 21. The molecule has 0 atom stereocenters. The van der Waals surface area contributed by atoms with Gasteiger partial charge >= 0.3 is 0 Å². The first-order chi connectivity index (χ1) is 34.2. The van der Waals surface area contributed by atoms with Gasteiger partial charge in [-0.15, -0.1) is 0 Å². The summed E-state index contributed by atoms with van der Waals surface area (Å²) in [6, 6.07) is 39.9. The molecule has 0 bridgehead atoms. The summed E-state index contributed by atoms with van der Waals surface area (Å²) in [6.45, 7) is 7.56. The van der Waals surface area contributed by atoms with E-state index < -0.39 is 0 Å². The van der Waals surface area contributed by atoms with Crippen molar-refractivity contribution in [3.8, 4) is 46.3 Å². The molecule has 0 unspecified atom stereocenters. The summed E-state index contributed by atoms with van der Waals surface area (Å²) in [7, 11) is 0. The molecule has 0 aliphatic heterocycles. The number of aromatic nitrogens is 4. The fraction of sp³-hybridized carbons (Fsp3) is 0.179. The van der Waals surface area contributed by atoms with Crippen LogP contribution in [0.3, 0.4) is 0 Å². The summed E-state index contributed by atoms with van der Waals surface area (Å²) in [5, 5.41) is 25.8. The van der Waals surface area contributed by atoms with Gasteiger partial charge in [-0.25, -0.2) is 0 Å². The quantitative estimate of drug-likeness (QED) is 0.0702. The number of ether oxygens (including phenoxy) is 4. The SMILES string of the molecule is Cc1c(COc2cc(OCc3cncc(C#N)c3)c(CNCc3ccccn3)cc2Br)cccc1-c1cccc(COc2cc(OCc3cncc(C#N)c3)c(CNCc3ccccn3)cc2Br)c1C. The topological polar surface area (TPSA) is 160 Å². The highest BCUT2D eigenvalue weighted by atomic mass is 79.9. The summed E-state index contributed by atoms with van der Waals surface area (Å²) in [4.78, 5) is 17.3. The van der Waals surface area contributed by atoms with Gasteiger partial charge in [-0.3, -0.25) is 19.9 Å². The Hall–Kier alpha value is -7.46. The lowest BCUT2D eigenvalue weighted by atomic mass is 9.92. The van der Waals surface area contributed by atoms with Crippen molar-refractivity contribution >= 4 is 31.9 Å². The van der Waals surface area contributed by atoms with Crippen molar-refractivity contribution in [1.29, 1.82) is 10.5 Å². The Bertz CT molecular complexity index is 2950. The molecule has 0 radical (unpaired) electrons. The zero-order valence-corrected chi connectivity index (χ0v) is 41.8. The van der Waals surface area contributed by atoms with Crippen molar-refractivity contribution < 1.29 is 18.9 Å². The molecule has 0 saturated carbocycles. The smallest absolute Gasteiger partial charge is 0.137 e. The predicted octanol–water partition coefficient (Wildman–Crippen LogP) is 11.7. The first kappa shape index (κ1) is 49.0. The van der Waals surface area contributed by atoms with Crippen molar-refractivity contribution in [2.24, 2.45) is 0 Å². The van der Waals surface area contributed by atoms with Gasteiger partial charge < -0.3 is 29.6 Å². The number of nitriles is 2. The van der Waals surface area contributed by atoms with E-state index >= 15 is 0 Å². The van der Waals surface area contributed by atoms with Crippen molar-refractivity contribution in [2.75, 3.05) is 0 Å². The summed E-state index contributed by atoms with van der Waals surface area (Å²) in [5.41, 5.74) is 12.7. The molecule has 8 rings (SSSR count). The van der Waals surface area contributed by atoms with E-state index in [4.69, 9.17) is 18.9 Å². The summed E-state index contributed by atoms with van der Waals surface area (Å²) < 4.78 is 27.5. The molecule has 4 aromatic heterocycles. The molecule has 0 saturated heterocycles. The second-order valence-corrected chi connectivity index (χ2v) is 18.1. The van der Waals surface area contributed by atoms with Crippen LogP contribution >= 0.6 is 31.9 Å². The maximum atomic E-state index is 9.42. The summed E-state index contributed by atoms with van der Waals surface area (Å²) in [5.74, 6) is 2.56. The second kappa shape index (κ2) is 24.2. The maximum Gasteiger partial charge on any atom is 0.137 e. The number of benzene rings is 4. The van der Waals surface area contributed by atoms with Gasteiger partial charge in [-0.2, -0.15) is 10.5 Å². The third kappa shape index (κ3) is 13.0. The van der Waals surface area contributed by atoms with Crippen LogP contribution in [-0.4, -0.2) is 19.9 Å². The van der Waals surface area contributed by atoms with Crippen LogP contribution in [0, 0.1) is 36.5 Å². The third-order valence-corrected chi connectivity index (χ3v) is 12.7. The third-order valence-electron chi connectivity index (χ3n) is 11.5. The first-order valence-corrected chi connectivity index (χ1v) is 24.1. The number of hydrogen-bond acceptors (Lipinski definition) is 12. The van der Waals surface area contributed by atoms with E-state index in [-0.39, 0.29) is 13.2 Å². The van der Waals surface area contributed by atoms with Crippen molar-refractivity contribution in [3.63, 3.8) is 0 Å². The highest BCUT2D eigenvalue weighted by molar-refractivity contribution is 9.11. The molecule has 4 heterocycles. The fourth-order valence-corrected chi connectivity index (χ4v) is 8.74. The van der Waals surface area contributed by atoms with E-state index in [1.54, 1.807) is 36.9 Å². The average Bonchev–Trinajstić information content (AvgIpc) is 3.39. The van der Waals surface area contributed by atoms with Crippen LogP contribution in [0.5, 0.6) is 23.0 Å². The van der Waals surface area contributed by atoms with Crippen LogP contribution in [0.25, 0.3) is 11.1 Å². The Labute approximate surface area is 424 Å². The van der Waals surface area contributed by atoms with E-state index in [9.17, 15) is 10.5 Å². The molecule has 0 fully saturated rings. The zero-order chi connectivity index (χ0) is 48.7. The number of nitrogens with one attached hydrogen (secondary N) is 2. The van der Waals surface area contributed by atoms with E-state index in [2.05, 4.69) is 125 Å². The lowest BCUT2D eigenvalue weighted by Crippen LogP contribution is -2.15. The number of halogens is 2. The number of nitrogens with zero attached hydrogens (tertiary/aromatic N) is 6. The zero-order valence-electron chi connectivity index (χ0n) is 38.6. The molecule has 4 aromatic carbocycles. The minimum Gasteiger partial charge on any atom is -0.488 e. The molecule has 12 nitrogen and oxygen atoms in total. The van der Waals surface area contributed by atoms with Crippen LogP contribution in [-0.2, 0) is 52.6 Å². The van der Waals surface area contributed by atoms with Gasteiger partial charge in [0.25, 0.3) is 0 Å². The Kier molecular flexibility index (Phi) is 16.9. The molecule has 0 amide bonds. The van der Waals surface area contributed by atoms with E-state index in [1.807, 2.05) is 60.7 Å². The molecule has 350 valence electrons. The molecule has 70 heavy (non-hydrogen) atoms. The Morgan fingerprint density at radius 2 is 0.914 bits per heavy atom. The maximum absolute atomic E-state index is 9.42. The molecule has 2 N–H and O–H groups in total. The van der Waals surface area contributed by atoms with Gasteiger partial charge in [0.2, 0.25) is 0 Å². The summed E-state index contributed by atoms with van der Waals surface area (Å²) >= 11 is 7.54. The molecule has 14 heteroatoms. The van der Waals surface area contributed by atoms with Gasteiger partial charge in [0.15, 0.2) is 0 Å². The van der Waals surface area contributed by atoms with Crippen LogP contribution in [0.1, 0.15) is 67.0 Å². The van der Waals surface area contributed by atoms with Gasteiger partial charge in [0, 0.05) is 97.7 Å². The molecular formula is C56H48Br2N8O4. The first-order valence-electron chi connectivity index (χ1n) is 22.5. The van der Waals surface area contributed by atoms with Crippen LogP contribution in [0.15, 0.2) is 155 Å². The van der Waals surface area contributed by atoms with Gasteiger partial charge in [0.1, 0.15) is 61.6 Å². The van der Waals surface area contributed by atoms with Gasteiger partial charge in [-0.1, -0.05) is 48.5 Å². The molecule has 0 aliphatic carbocycles. The lowest BCUT2D eigenvalue weighted by molar-refractivity contribution is 0.285. The van der Waals surface area contributed by atoms with Gasteiger partial charge in [-0.05, 0) is 128 Å². The van der Waals surface area contributed by atoms with E-state index in [1.165, 1.54) is 12.4 Å². The van der Waals surface area contributed by atoms with Crippen LogP contribution < -0.4 is 29.6 Å². The predicted molar refractivity (Wildman–Crippen MR) is 274 cm³/mol. The van der Waals surface area contributed by atoms with Crippen molar-refractivity contribution in [3.05, 3.63) is 222 Å². The standard InChI is InChI=1S/C56H48Br2N8O4/c1-37-43(35-69-55-21-53(67-33-41-17-39(23-59)25-61-27-41)45(19-51(55)57)29-63-31-47-11-3-5-15-65-47)9-7-13-49(37)50-14-8-10-44(38(50)2)36-70-56-22-54(68-34-42-18-40(24-60)26-62-28-42)46(20-52(56)58)30-64-32-48-12-4-6-16-66-48/h3-22,25-28,63-64H,29-36H2,1-2H3. The van der Waals surface area contributed by atoms with Gasteiger partial charge in [0.05, 0.1) is 31.5 Å². The minimum absolute atomic E-state index is 0.227. The lowest BCUT2D eigenvalue weighted by Gasteiger charge is -2.19. The van der Waals surface area contributed by atoms with Crippen molar-refractivity contribution in [1.82, 2.24) is 30.6 Å². The van der Waals surface area contributed by atoms with E-state index in [0.29, 0.717) is 73.5 Å². The Balaban J connectivity index is 0.974. The number of pyridine rings is 4. The molecule has 0 spiro atoms. The monoisotopic (exact) mass is 1050 g/mol. The molecule has 0 aliphatic rings. The normalized spacial score (nSPS) is 10.8. The average molecular weight is 1060 g/mol. The highest BCUT2D eigenvalue weighted by Gasteiger charge is 2.17. The second-order valence-electron chi connectivity index (χ2n) is 16.4. The Morgan fingerprint density at radius 1 is 0.471 bits per heavy atom. The largest absolute Gasteiger partial charge is 0.488 e. The number of hydrogen-bond donors (Lipinski definition) is 2. The van der Waals surface area contributed by atoms with Crippen LogP contribution in [0.2, 0.25) is 0 Å². The van der Waals surface area contributed by atoms with Crippen molar-refractivity contribution in [2.45, 2.75) is 66.5 Å². The highest BCUT2D eigenvalue weighted by Crippen LogP contribution is 2.38. The van der Waals surface area contributed by atoms with Crippen LogP contribution in [0.4, 0.5) is 0 Å². The van der Waals surface area contributed by atoms with E-state index in [0.717, 1.165) is 76.0 Å². The fourth-order valence-electron chi connectivity index (χ4n) is 7.73.